The number of aliphatic hydroxyl groups is 1. The maximum absolute atomic E-state index is 9.72. The second-order valence-corrected chi connectivity index (χ2v) is 15.7. The molecule has 4 fully saturated rings. The summed E-state index contributed by atoms with van der Waals surface area (Å²) in [4.78, 5) is 0. The molecule has 4 aromatic carbocycles. The molecule has 0 amide bonds. The van der Waals surface area contributed by atoms with E-state index in [4.69, 9.17) is 14.2 Å². The molecule has 2 bridgehead atoms. The number of fused-ring (bicyclic) bond motifs is 4. The zero-order valence-electron chi connectivity index (χ0n) is 30.9. The Morgan fingerprint density at radius 1 is 0.769 bits per heavy atom. The van der Waals surface area contributed by atoms with Crippen LogP contribution in [0.1, 0.15) is 72.3 Å². The van der Waals surface area contributed by atoms with E-state index in [0.717, 1.165) is 61.8 Å². The molecule has 278 valence electrons. The Bertz CT molecular complexity index is 1690. The third-order valence-electron chi connectivity index (χ3n) is 12.3. The first-order valence-electron chi connectivity index (χ1n) is 19.9. The van der Waals surface area contributed by atoms with E-state index in [1.54, 1.807) is 6.07 Å². The number of ether oxygens (including phenoxy) is 3. The van der Waals surface area contributed by atoms with Gasteiger partial charge in [-0.05, 0) is 76.9 Å². The lowest BCUT2D eigenvalue weighted by molar-refractivity contribution is -0.946. The predicted octanol–water partition coefficient (Wildman–Crippen LogP) is 7.50. The Balaban J connectivity index is 0.812. The average Bonchev–Trinajstić information content (AvgIpc) is 3.73. The lowest BCUT2D eigenvalue weighted by atomic mass is 9.81. The molecule has 52 heavy (non-hydrogen) atoms. The number of piperidine rings is 3. The number of quaternary nitrogens is 1. The minimum atomic E-state index is -0.151. The van der Waals surface area contributed by atoms with Crippen LogP contribution < -0.4 is 5.32 Å². The fraction of sp³-hybridized carbons (Fsp3) is 0.511. The second-order valence-electron chi connectivity index (χ2n) is 15.7. The topological polar surface area (TPSA) is 80.2 Å². The van der Waals surface area contributed by atoms with Gasteiger partial charge in [0.2, 0.25) is 0 Å². The van der Waals surface area contributed by atoms with Crippen LogP contribution in [-0.4, -0.2) is 79.9 Å². The molecule has 7 heteroatoms. The summed E-state index contributed by atoms with van der Waals surface area (Å²) in [6.07, 6.45) is 9.12. The Kier molecular flexibility index (Phi) is 12.9. The fourth-order valence-corrected chi connectivity index (χ4v) is 9.16. The fourth-order valence-electron chi connectivity index (χ4n) is 9.16. The van der Waals surface area contributed by atoms with Gasteiger partial charge in [-0.1, -0.05) is 85.6 Å². The largest absolute Gasteiger partial charge is 0.508 e. The lowest BCUT2D eigenvalue weighted by Crippen LogP contribution is -2.65. The van der Waals surface area contributed by atoms with E-state index in [0.29, 0.717) is 43.3 Å². The molecule has 3 saturated heterocycles. The van der Waals surface area contributed by atoms with E-state index in [1.165, 1.54) is 79.1 Å². The van der Waals surface area contributed by atoms with Crippen LogP contribution in [0.2, 0.25) is 0 Å². The van der Waals surface area contributed by atoms with Gasteiger partial charge in [-0.3, -0.25) is 0 Å². The van der Waals surface area contributed by atoms with Crippen molar-refractivity contribution in [3.63, 3.8) is 0 Å². The Morgan fingerprint density at radius 2 is 1.48 bits per heavy atom. The van der Waals surface area contributed by atoms with Crippen LogP contribution >= 0.6 is 0 Å². The number of rotatable bonds is 19. The van der Waals surface area contributed by atoms with Gasteiger partial charge in [-0.25, -0.2) is 0 Å². The van der Waals surface area contributed by atoms with Crippen LogP contribution in [0, 0.1) is 11.8 Å². The second kappa shape index (κ2) is 18.2. The third kappa shape index (κ3) is 9.43. The number of aliphatic hydroxyl groups excluding tert-OH is 1. The molecule has 3 N–H and O–H groups in total. The van der Waals surface area contributed by atoms with Crippen molar-refractivity contribution in [1.29, 1.82) is 0 Å². The van der Waals surface area contributed by atoms with Gasteiger partial charge in [0.25, 0.3) is 0 Å². The Labute approximate surface area is 310 Å². The molecule has 3 aliphatic heterocycles. The number of nitrogens with zero attached hydrogens (tertiary/aromatic N) is 1. The summed E-state index contributed by atoms with van der Waals surface area (Å²) < 4.78 is 20.3. The van der Waals surface area contributed by atoms with E-state index < -0.39 is 0 Å². The third-order valence-corrected chi connectivity index (χ3v) is 12.3. The quantitative estimate of drug-likeness (QED) is 0.0692. The minimum Gasteiger partial charge on any atom is -0.508 e. The van der Waals surface area contributed by atoms with Crippen LogP contribution in [0.25, 0.3) is 10.8 Å². The van der Waals surface area contributed by atoms with Crippen molar-refractivity contribution in [2.75, 3.05) is 59.1 Å². The van der Waals surface area contributed by atoms with Crippen LogP contribution in [-0.2, 0) is 40.5 Å². The monoisotopic (exact) mass is 707 g/mol. The van der Waals surface area contributed by atoms with E-state index in [1.807, 2.05) is 12.1 Å². The number of hydrogen-bond donors (Lipinski definition) is 3. The van der Waals surface area contributed by atoms with Crippen LogP contribution in [0.3, 0.4) is 0 Å². The molecule has 0 aromatic heterocycles. The number of hydrogen-bond acceptors (Lipinski definition) is 6. The molecule has 1 aliphatic carbocycles. The van der Waals surface area contributed by atoms with E-state index in [-0.39, 0.29) is 12.4 Å². The Morgan fingerprint density at radius 3 is 2.25 bits per heavy atom. The summed E-state index contributed by atoms with van der Waals surface area (Å²) in [5.41, 5.74) is 5.53. The van der Waals surface area contributed by atoms with Gasteiger partial charge in [0.15, 0.2) is 0 Å². The molecular formula is C45H59N2O5+. The molecule has 4 aromatic rings. The van der Waals surface area contributed by atoms with Gasteiger partial charge in [-0.2, -0.15) is 0 Å². The molecule has 7 nitrogen and oxygen atoms in total. The summed E-state index contributed by atoms with van der Waals surface area (Å²) >= 11 is 0. The molecule has 0 spiro atoms. The highest BCUT2D eigenvalue weighted by atomic mass is 16.5. The summed E-state index contributed by atoms with van der Waals surface area (Å²) in [7, 11) is 0. The lowest BCUT2D eigenvalue weighted by Gasteiger charge is -2.52. The number of aromatic hydroxyl groups is 1. The van der Waals surface area contributed by atoms with Crippen LogP contribution in [0.4, 0.5) is 0 Å². The van der Waals surface area contributed by atoms with Crippen molar-refractivity contribution in [3.05, 3.63) is 113 Å². The van der Waals surface area contributed by atoms with Crippen molar-refractivity contribution in [2.45, 2.75) is 76.8 Å². The van der Waals surface area contributed by atoms with Crippen molar-refractivity contribution < 1.29 is 28.9 Å². The van der Waals surface area contributed by atoms with E-state index in [9.17, 15) is 10.2 Å². The highest BCUT2D eigenvalue weighted by molar-refractivity contribution is 5.86. The van der Waals surface area contributed by atoms with Gasteiger partial charge in [0.1, 0.15) is 24.9 Å². The van der Waals surface area contributed by atoms with Crippen molar-refractivity contribution in [3.8, 4) is 5.75 Å². The minimum absolute atomic E-state index is 0.143. The van der Waals surface area contributed by atoms with Gasteiger partial charge in [0, 0.05) is 36.8 Å². The highest BCUT2D eigenvalue weighted by Gasteiger charge is 2.46. The summed E-state index contributed by atoms with van der Waals surface area (Å²) in [6.45, 7) is 9.67. The number of phenols is 1. The van der Waals surface area contributed by atoms with Gasteiger partial charge >= 0.3 is 0 Å². The smallest absolute Gasteiger partial charge is 0.121 e. The molecule has 8 rings (SSSR count). The summed E-state index contributed by atoms with van der Waals surface area (Å²) in [5, 5.41) is 25.2. The first-order valence-corrected chi connectivity index (χ1v) is 19.9. The van der Waals surface area contributed by atoms with Crippen molar-refractivity contribution >= 4 is 10.8 Å². The number of nitrogens with one attached hydrogen (secondary N) is 1. The van der Waals surface area contributed by atoms with Crippen LogP contribution in [0.15, 0.2) is 84.9 Å². The normalized spacial score (nSPS) is 22.3. The maximum Gasteiger partial charge on any atom is 0.121 e. The zero-order valence-corrected chi connectivity index (χ0v) is 30.9. The standard InChI is InChI=1S/C45H58N2O5/c48-30-40-28-34(16-17-44(40)49)18-21-46-22-26-50-31-35-12-14-36(15-13-35)32-51-27-25-47-23-19-39(20-24-47)45(29-47)52-33-43(38-7-1-2-8-38)42-11-5-9-37-6-3-4-10-41(37)42/h3-6,9-17,28,38-39,43,45-46,48H,1-2,7-8,18-27,29-33H2/p+1/t39?,43?,45-,47?/m1/s1. The molecule has 4 aliphatic rings. The Hall–Kier alpha value is -3.30. The predicted molar refractivity (Wildman–Crippen MR) is 207 cm³/mol. The zero-order chi connectivity index (χ0) is 35.6. The molecule has 3 heterocycles. The van der Waals surface area contributed by atoms with Crippen molar-refractivity contribution in [2.24, 2.45) is 11.8 Å². The van der Waals surface area contributed by atoms with Gasteiger partial charge in [-0.15, -0.1) is 0 Å². The molecular weight excluding hydrogens is 649 g/mol. The first-order chi connectivity index (χ1) is 25.6. The molecule has 0 radical (unpaired) electrons. The van der Waals surface area contributed by atoms with Crippen LogP contribution in [0.5, 0.6) is 5.75 Å². The SMILES string of the molecule is OCc1cc(CCNCCOCc2ccc(COCC[N+]34CCC(CC3)[C@H](OCC(c3cccc5ccccc35)C3CCCC3)C4)cc2)ccc1O. The number of benzene rings is 4. The van der Waals surface area contributed by atoms with Crippen molar-refractivity contribution in [1.82, 2.24) is 5.32 Å². The average molecular weight is 708 g/mol. The molecule has 1 saturated carbocycles. The maximum atomic E-state index is 9.72. The van der Waals surface area contributed by atoms with Gasteiger partial charge in [0.05, 0.1) is 52.7 Å². The molecule has 2 atom stereocenters. The molecule has 1 unspecified atom stereocenters. The highest BCUT2D eigenvalue weighted by Crippen LogP contribution is 2.42. The van der Waals surface area contributed by atoms with E-state index in [2.05, 4.69) is 72.0 Å². The summed E-state index contributed by atoms with van der Waals surface area (Å²) in [6, 6.07) is 29.8. The van der Waals surface area contributed by atoms with E-state index >= 15 is 0 Å². The summed E-state index contributed by atoms with van der Waals surface area (Å²) in [5.74, 6) is 2.05. The van der Waals surface area contributed by atoms with Gasteiger partial charge < -0.3 is 34.2 Å². The first kappa shape index (κ1) is 37.0.